The van der Waals surface area contributed by atoms with Crippen LogP contribution in [0.2, 0.25) is 0 Å². The second-order valence-electron chi connectivity index (χ2n) is 6.84. The fourth-order valence-electron chi connectivity index (χ4n) is 2.97. The molecule has 0 atom stereocenters. The topological polar surface area (TPSA) is 104 Å². The molecule has 0 unspecified atom stereocenters. The smallest absolute Gasteiger partial charge is 0.305 e. The van der Waals surface area contributed by atoms with Crippen molar-refractivity contribution in [2.24, 2.45) is 5.92 Å². The highest BCUT2D eigenvalue weighted by molar-refractivity contribution is 7.89. The van der Waals surface area contributed by atoms with Gasteiger partial charge >= 0.3 is 5.97 Å². The SMILES string of the molecule is CC(C)c1ccc(S(=O)(=O)N2CCC(C(=O)NCCC(=O)O)CC2)cc1. The lowest BCUT2D eigenvalue weighted by Gasteiger charge is -2.30. The fourth-order valence-corrected chi connectivity index (χ4v) is 4.44. The second-order valence-corrected chi connectivity index (χ2v) is 8.77. The number of nitrogens with zero attached hydrogens (tertiary/aromatic N) is 1. The summed E-state index contributed by atoms with van der Waals surface area (Å²) in [5, 5.41) is 11.2. The van der Waals surface area contributed by atoms with E-state index >= 15 is 0 Å². The van der Waals surface area contributed by atoms with Gasteiger partial charge in [-0.15, -0.1) is 0 Å². The average molecular weight is 382 g/mol. The van der Waals surface area contributed by atoms with Crippen LogP contribution in [-0.2, 0) is 19.6 Å². The summed E-state index contributed by atoms with van der Waals surface area (Å²) < 4.78 is 26.9. The molecule has 1 aromatic rings. The molecule has 8 heteroatoms. The first-order valence-electron chi connectivity index (χ1n) is 8.81. The van der Waals surface area contributed by atoms with Gasteiger partial charge in [0.1, 0.15) is 0 Å². The van der Waals surface area contributed by atoms with Crippen LogP contribution in [0, 0.1) is 5.92 Å². The highest BCUT2D eigenvalue weighted by atomic mass is 32.2. The minimum Gasteiger partial charge on any atom is -0.481 e. The van der Waals surface area contributed by atoms with Gasteiger partial charge in [-0.05, 0) is 36.5 Å². The number of rotatable bonds is 7. The molecule has 1 aliphatic heterocycles. The summed E-state index contributed by atoms with van der Waals surface area (Å²) >= 11 is 0. The number of piperidine rings is 1. The number of carboxylic acids is 1. The van der Waals surface area contributed by atoms with Gasteiger partial charge in [-0.1, -0.05) is 26.0 Å². The molecule has 1 amide bonds. The molecule has 0 saturated carbocycles. The number of carbonyl (C=O) groups is 2. The normalized spacial score (nSPS) is 16.6. The molecule has 144 valence electrons. The van der Waals surface area contributed by atoms with Crippen molar-refractivity contribution in [2.75, 3.05) is 19.6 Å². The van der Waals surface area contributed by atoms with Crippen LogP contribution in [0.3, 0.4) is 0 Å². The van der Waals surface area contributed by atoms with E-state index in [4.69, 9.17) is 5.11 Å². The van der Waals surface area contributed by atoms with Crippen molar-refractivity contribution in [1.29, 1.82) is 0 Å². The maximum atomic E-state index is 12.8. The molecule has 0 bridgehead atoms. The zero-order chi connectivity index (χ0) is 19.3. The second kappa shape index (κ2) is 8.64. The van der Waals surface area contributed by atoms with E-state index in [2.05, 4.69) is 19.2 Å². The first-order valence-corrected chi connectivity index (χ1v) is 10.3. The number of sulfonamides is 1. The molecule has 1 fully saturated rings. The Morgan fingerprint density at radius 2 is 1.77 bits per heavy atom. The van der Waals surface area contributed by atoms with Crippen molar-refractivity contribution in [1.82, 2.24) is 9.62 Å². The molecule has 26 heavy (non-hydrogen) atoms. The molecular weight excluding hydrogens is 356 g/mol. The zero-order valence-electron chi connectivity index (χ0n) is 15.1. The highest BCUT2D eigenvalue weighted by Crippen LogP contribution is 2.25. The summed E-state index contributed by atoms with van der Waals surface area (Å²) in [4.78, 5) is 22.8. The van der Waals surface area contributed by atoms with Crippen molar-refractivity contribution < 1.29 is 23.1 Å². The summed E-state index contributed by atoms with van der Waals surface area (Å²) in [6.45, 7) is 4.76. The lowest BCUT2D eigenvalue weighted by atomic mass is 9.97. The third-order valence-electron chi connectivity index (χ3n) is 4.65. The summed E-state index contributed by atoms with van der Waals surface area (Å²) in [6, 6.07) is 6.94. The average Bonchev–Trinajstić information content (AvgIpc) is 2.61. The largest absolute Gasteiger partial charge is 0.481 e. The molecule has 1 heterocycles. The van der Waals surface area contributed by atoms with Crippen molar-refractivity contribution in [3.8, 4) is 0 Å². The van der Waals surface area contributed by atoms with Crippen LogP contribution >= 0.6 is 0 Å². The van der Waals surface area contributed by atoms with Crippen molar-refractivity contribution in [3.05, 3.63) is 29.8 Å². The van der Waals surface area contributed by atoms with Gasteiger partial charge in [0.2, 0.25) is 15.9 Å². The number of hydrogen-bond donors (Lipinski definition) is 2. The maximum Gasteiger partial charge on any atom is 0.305 e. The van der Waals surface area contributed by atoms with Gasteiger partial charge < -0.3 is 10.4 Å². The Kier molecular flexibility index (Phi) is 6.77. The van der Waals surface area contributed by atoms with Crippen molar-refractivity contribution >= 4 is 21.9 Å². The van der Waals surface area contributed by atoms with E-state index < -0.39 is 16.0 Å². The molecule has 2 N–H and O–H groups in total. The Labute approximate surface area is 154 Å². The summed E-state index contributed by atoms with van der Waals surface area (Å²) in [5.41, 5.74) is 1.08. The number of carbonyl (C=O) groups excluding carboxylic acids is 1. The van der Waals surface area contributed by atoms with Gasteiger partial charge in [0.25, 0.3) is 0 Å². The van der Waals surface area contributed by atoms with Gasteiger partial charge in [0.05, 0.1) is 11.3 Å². The van der Waals surface area contributed by atoms with Crippen LogP contribution < -0.4 is 5.32 Å². The Morgan fingerprint density at radius 1 is 1.19 bits per heavy atom. The van der Waals surface area contributed by atoms with E-state index in [1.54, 1.807) is 12.1 Å². The molecule has 0 aromatic heterocycles. The first-order chi connectivity index (χ1) is 12.2. The fraction of sp³-hybridized carbons (Fsp3) is 0.556. The lowest BCUT2D eigenvalue weighted by molar-refractivity contribution is -0.137. The van der Waals surface area contributed by atoms with Gasteiger partial charge in [-0.3, -0.25) is 9.59 Å². The van der Waals surface area contributed by atoms with Gasteiger partial charge in [-0.25, -0.2) is 8.42 Å². The Bertz CT molecular complexity index is 735. The predicted molar refractivity (Wildman–Crippen MR) is 97.3 cm³/mol. The molecule has 1 aromatic carbocycles. The quantitative estimate of drug-likeness (QED) is 0.748. The van der Waals surface area contributed by atoms with Crippen LogP contribution in [0.4, 0.5) is 0 Å². The summed E-state index contributed by atoms with van der Waals surface area (Å²) in [6.07, 6.45) is 0.746. The number of carboxylic acid groups (broad SMARTS) is 1. The molecule has 1 aliphatic rings. The van der Waals surface area contributed by atoms with Gasteiger partial charge in [0, 0.05) is 25.6 Å². The van der Waals surface area contributed by atoms with E-state index in [1.807, 2.05) is 12.1 Å². The van der Waals surface area contributed by atoms with Crippen LogP contribution in [0.5, 0.6) is 0 Å². The molecule has 2 rings (SSSR count). The first kappa shape index (κ1) is 20.4. The van der Waals surface area contributed by atoms with E-state index in [1.165, 1.54) is 4.31 Å². The highest BCUT2D eigenvalue weighted by Gasteiger charge is 2.32. The number of benzene rings is 1. The van der Waals surface area contributed by atoms with E-state index in [0.29, 0.717) is 18.8 Å². The van der Waals surface area contributed by atoms with Crippen molar-refractivity contribution in [2.45, 2.75) is 43.9 Å². The van der Waals surface area contributed by atoms with E-state index in [9.17, 15) is 18.0 Å². The lowest BCUT2D eigenvalue weighted by Crippen LogP contribution is -2.43. The summed E-state index contributed by atoms with van der Waals surface area (Å²) in [7, 11) is -3.56. The number of amides is 1. The molecule has 0 aliphatic carbocycles. The van der Waals surface area contributed by atoms with Crippen LogP contribution in [-0.4, -0.2) is 49.3 Å². The van der Waals surface area contributed by atoms with E-state index in [-0.39, 0.29) is 42.8 Å². The minimum absolute atomic E-state index is 0.0921. The molecule has 7 nitrogen and oxygen atoms in total. The number of hydrogen-bond acceptors (Lipinski definition) is 4. The molecular formula is C18H26N2O5S. The third-order valence-corrected chi connectivity index (χ3v) is 6.56. The van der Waals surface area contributed by atoms with Crippen LogP contribution in [0.15, 0.2) is 29.2 Å². The third kappa shape index (κ3) is 5.04. The van der Waals surface area contributed by atoms with Crippen molar-refractivity contribution in [3.63, 3.8) is 0 Å². The Hall–Kier alpha value is -1.93. The summed E-state index contributed by atoms with van der Waals surface area (Å²) in [5.74, 6) is -1.11. The Morgan fingerprint density at radius 3 is 2.27 bits per heavy atom. The number of aliphatic carboxylic acids is 1. The maximum absolute atomic E-state index is 12.8. The molecule has 0 radical (unpaired) electrons. The van der Waals surface area contributed by atoms with Crippen LogP contribution in [0.25, 0.3) is 0 Å². The Balaban J connectivity index is 1.93. The zero-order valence-corrected chi connectivity index (χ0v) is 16.0. The molecule has 0 spiro atoms. The molecule has 1 saturated heterocycles. The predicted octanol–water partition coefficient (Wildman–Crippen LogP) is 1.80. The number of nitrogens with one attached hydrogen (secondary N) is 1. The van der Waals surface area contributed by atoms with E-state index in [0.717, 1.165) is 5.56 Å². The van der Waals surface area contributed by atoms with Gasteiger partial charge in [0.15, 0.2) is 0 Å². The minimum atomic E-state index is -3.56. The van der Waals surface area contributed by atoms with Crippen LogP contribution in [0.1, 0.15) is 44.6 Å². The monoisotopic (exact) mass is 382 g/mol. The standard InChI is InChI=1S/C18H26N2O5S/c1-13(2)14-3-5-16(6-4-14)26(24,25)20-11-8-15(9-12-20)18(23)19-10-7-17(21)22/h3-6,13,15H,7-12H2,1-2H3,(H,19,23)(H,21,22). The van der Waals surface area contributed by atoms with Gasteiger partial charge in [-0.2, -0.15) is 4.31 Å².